The second-order valence-corrected chi connectivity index (χ2v) is 3.46. The van der Waals surface area contributed by atoms with E-state index in [1.165, 1.54) is 0 Å². The molecular weight excluding hydrogens is 208 g/mol. The average molecular weight is 228 g/mol. The summed E-state index contributed by atoms with van der Waals surface area (Å²) < 4.78 is 0. The van der Waals surface area contributed by atoms with E-state index >= 15 is 0 Å². The second kappa shape index (κ2) is 8.76. The fraction of sp³-hybridized carbons (Fsp3) is 0.636. The largest absolute Gasteiger partial charge is 0.481 e. The molecule has 92 valence electrons. The highest BCUT2D eigenvalue weighted by Crippen LogP contribution is 1.97. The van der Waals surface area contributed by atoms with Gasteiger partial charge in [-0.3, -0.25) is 4.79 Å². The van der Waals surface area contributed by atoms with E-state index in [1.54, 1.807) is 0 Å². The van der Waals surface area contributed by atoms with Crippen LogP contribution in [0.25, 0.3) is 0 Å². The van der Waals surface area contributed by atoms with Crippen LogP contribution in [0.5, 0.6) is 0 Å². The van der Waals surface area contributed by atoms with Crippen LogP contribution in [0.4, 0.5) is 4.79 Å². The number of aliphatic carboxylic acids is 1. The van der Waals surface area contributed by atoms with Crippen molar-refractivity contribution >= 4 is 12.0 Å². The lowest BCUT2D eigenvalue weighted by Gasteiger charge is -2.15. The summed E-state index contributed by atoms with van der Waals surface area (Å²) in [5.74, 6) is -0.902. The number of hydrogen-bond acceptors (Lipinski definition) is 2. The topological polar surface area (TPSA) is 78.4 Å². The van der Waals surface area contributed by atoms with E-state index in [9.17, 15) is 9.59 Å². The molecule has 16 heavy (non-hydrogen) atoms. The van der Waals surface area contributed by atoms with Crippen molar-refractivity contribution in [1.29, 1.82) is 0 Å². The molecule has 0 heterocycles. The molecule has 0 saturated heterocycles. The summed E-state index contributed by atoms with van der Waals surface area (Å²) in [6, 6.07) is -0.614. The molecule has 2 amide bonds. The Morgan fingerprint density at radius 1 is 1.44 bits per heavy atom. The zero-order valence-electron chi connectivity index (χ0n) is 9.82. The van der Waals surface area contributed by atoms with Crippen LogP contribution in [0.3, 0.4) is 0 Å². The molecule has 0 aromatic rings. The van der Waals surface area contributed by atoms with E-state index in [2.05, 4.69) is 10.6 Å². The molecule has 0 aromatic carbocycles. The molecule has 0 fully saturated rings. The van der Waals surface area contributed by atoms with Gasteiger partial charge in [0.1, 0.15) is 0 Å². The van der Waals surface area contributed by atoms with Crippen LogP contribution >= 0.6 is 0 Å². The smallest absolute Gasteiger partial charge is 0.315 e. The van der Waals surface area contributed by atoms with Crippen LogP contribution in [-0.4, -0.2) is 29.7 Å². The van der Waals surface area contributed by atoms with Crippen LogP contribution in [-0.2, 0) is 4.79 Å². The SMILES string of the molecule is C/C=C/CCNC(=O)NC(CC)CC(=O)O. The Morgan fingerprint density at radius 3 is 2.62 bits per heavy atom. The monoisotopic (exact) mass is 228 g/mol. The van der Waals surface area contributed by atoms with E-state index in [4.69, 9.17) is 5.11 Å². The molecule has 0 spiro atoms. The van der Waals surface area contributed by atoms with Gasteiger partial charge in [-0.25, -0.2) is 4.79 Å². The third-order valence-electron chi connectivity index (χ3n) is 2.08. The first-order valence-electron chi connectivity index (χ1n) is 5.47. The fourth-order valence-corrected chi connectivity index (χ4v) is 1.18. The molecule has 0 aromatic heterocycles. The predicted octanol–water partition coefficient (Wildman–Crippen LogP) is 1.51. The quantitative estimate of drug-likeness (QED) is 0.456. The van der Waals surface area contributed by atoms with Gasteiger partial charge < -0.3 is 15.7 Å². The molecule has 0 rings (SSSR count). The van der Waals surface area contributed by atoms with Crippen LogP contribution in [0.15, 0.2) is 12.2 Å². The van der Waals surface area contributed by atoms with Gasteiger partial charge in [0.2, 0.25) is 0 Å². The lowest BCUT2D eigenvalue weighted by molar-refractivity contribution is -0.137. The summed E-state index contributed by atoms with van der Waals surface area (Å²) in [5, 5.41) is 13.9. The molecule has 0 aliphatic carbocycles. The number of rotatable bonds is 7. The van der Waals surface area contributed by atoms with Gasteiger partial charge in [-0.1, -0.05) is 19.1 Å². The standard InChI is InChI=1S/C11H20N2O3/c1-3-5-6-7-12-11(16)13-9(4-2)8-10(14)15/h3,5,9H,4,6-8H2,1-2H3,(H,14,15)(H2,12,13,16)/b5-3+. The number of hydrogen-bond donors (Lipinski definition) is 3. The van der Waals surface area contributed by atoms with E-state index in [1.807, 2.05) is 26.0 Å². The van der Waals surface area contributed by atoms with Crippen molar-refractivity contribution in [2.24, 2.45) is 0 Å². The van der Waals surface area contributed by atoms with Crippen molar-refractivity contribution in [2.75, 3.05) is 6.54 Å². The van der Waals surface area contributed by atoms with Gasteiger partial charge >= 0.3 is 12.0 Å². The summed E-state index contributed by atoms with van der Waals surface area (Å²) in [5.41, 5.74) is 0. The van der Waals surface area contributed by atoms with Gasteiger partial charge in [0.15, 0.2) is 0 Å². The second-order valence-electron chi connectivity index (χ2n) is 3.46. The molecule has 5 heteroatoms. The van der Waals surface area contributed by atoms with E-state index in [0.29, 0.717) is 13.0 Å². The van der Waals surface area contributed by atoms with Crippen molar-refractivity contribution in [3.63, 3.8) is 0 Å². The number of carboxylic acid groups (broad SMARTS) is 1. The van der Waals surface area contributed by atoms with Gasteiger partial charge in [0.25, 0.3) is 0 Å². The summed E-state index contributed by atoms with van der Waals surface area (Å²) in [7, 11) is 0. The Balaban J connectivity index is 3.78. The minimum atomic E-state index is -0.902. The molecule has 0 saturated carbocycles. The molecule has 0 radical (unpaired) electrons. The third-order valence-corrected chi connectivity index (χ3v) is 2.08. The number of carboxylic acids is 1. The lowest BCUT2D eigenvalue weighted by atomic mass is 10.1. The fourth-order valence-electron chi connectivity index (χ4n) is 1.18. The van der Waals surface area contributed by atoms with Gasteiger partial charge in [-0.05, 0) is 19.8 Å². The average Bonchev–Trinajstić information content (AvgIpc) is 2.23. The van der Waals surface area contributed by atoms with Crippen LogP contribution in [0, 0.1) is 0 Å². The summed E-state index contributed by atoms with van der Waals surface area (Å²) in [6.45, 7) is 4.31. The van der Waals surface area contributed by atoms with E-state index < -0.39 is 5.97 Å². The maximum atomic E-state index is 11.3. The Morgan fingerprint density at radius 2 is 2.12 bits per heavy atom. The predicted molar refractivity (Wildman–Crippen MR) is 62.3 cm³/mol. The van der Waals surface area contributed by atoms with Gasteiger partial charge in [-0.15, -0.1) is 0 Å². The lowest BCUT2D eigenvalue weighted by Crippen LogP contribution is -2.43. The molecule has 3 N–H and O–H groups in total. The number of allylic oxidation sites excluding steroid dienone is 1. The van der Waals surface area contributed by atoms with Gasteiger partial charge in [0.05, 0.1) is 6.42 Å². The first-order valence-corrected chi connectivity index (χ1v) is 5.47. The highest BCUT2D eigenvalue weighted by atomic mass is 16.4. The summed E-state index contributed by atoms with van der Waals surface area (Å²) in [4.78, 5) is 21.8. The minimum absolute atomic E-state index is 0.0429. The normalized spacial score (nSPS) is 12.4. The van der Waals surface area contributed by atoms with Crippen molar-refractivity contribution in [3.05, 3.63) is 12.2 Å². The Labute approximate surface area is 95.9 Å². The zero-order chi connectivity index (χ0) is 12.4. The summed E-state index contributed by atoms with van der Waals surface area (Å²) in [6.07, 6.45) is 5.21. The Hall–Kier alpha value is -1.52. The third kappa shape index (κ3) is 7.84. The van der Waals surface area contributed by atoms with E-state index in [0.717, 1.165) is 6.42 Å². The first kappa shape index (κ1) is 14.5. The maximum Gasteiger partial charge on any atom is 0.315 e. The minimum Gasteiger partial charge on any atom is -0.481 e. The van der Waals surface area contributed by atoms with Crippen LogP contribution in [0.2, 0.25) is 0 Å². The number of nitrogens with one attached hydrogen (secondary N) is 2. The Bertz CT molecular complexity index is 252. The maximum absolute atomic E-state index is 11.3. The van der Waals surface area contributed by atoms with Gasteiger partial charge in [-0.2, -0.15) is 0 Å². The number of urea groups is 1. The van der Waals surface area contributed by atoms with E-state index in [-0.39, 0.29) is 18.5 Å². The van der Waals surface area contributed by atoms with Crippen molar-refractivity contribution in [1.82, 2.24) is 10.6 Å². The highest BCUT2D eigenvalue weighted by Gasteiger charge is 2.13. The molecule has 0 aliphatic rings. The molecule has 5 nitrogen and oxygen atoms in total. The number of carbonyl (C=O) groups excluding carboxylic acids is 1. The molecule has 0 aliphatic heterocycles. The summed E-state index contributed by atoms with van der Waals surface area (Å²) >= 11 is 0. The zero-order valence-corrected chi connectivity index (χ0v) is 9.82. The molecule has 1 unspecified atom stereocenters. The number of carbonyl (C=O) groups is 2. The van der Waals surface area contributed by atoms with Crippen molar-refractivity contribution in [3.8, 4) is 0 Å². The Kier molecular flexibility index (Phi) is 7.93. The first-order chi connectivity index (χ1) is 7.60. The van der Waals surface area contributed by atoms with Crippen LogP contribution < -0.4 is 10.6 Å². The van der Waals surface area contributed by atoms with Crippen molar-refractivity contribution in [2.45, 2.75) is 39.2 Å². The van der Waals surface area contributed by atoms with Gasteiger partial charge in [0, 0.05) is 12.6 Å². The highest BCUT2D eigenvalue weighted by molar-refractivity contribution is 5.75. The van der Waals surface area contributed by atoms with Crippen molar-refractivity contribution < 1.29 is 14.7 Å². The number of amides is 2. The molecule has 0 bridgehead atoms. The molecule has 1 atom stereocenters. The molecular formula is C11H20N2O3. The van der Waals surface area contributed by atoms with Crippen LogP contribution in [0.1, 0.15) is 33.1 Å².